The minimum absolute atomic E-state index is 0.0153. The molecule has 0 bridgehead atoms. The van der Waals surface area contributed by atoms with E-state index < -0.39 is 0 Å². The molecule has 1 aliphatic carbocycles. The lowest BCUT2D eigenvalue weighted by molar-refractivity contribution is -0.131. The summed E-state index contributed by atoms with van der Waals surface area (Å²) in [6, 6.07) is 0.329. The summed E-state index contributed by atoms with van der Waals surface area (Å²) in [6.07, 6.45) is 2.38. The van der Waals surface area contributed by atoms with Crippen LogP contribution < -0.4 is 5.73 Å². The number of nitrogen functional groups attached to an aromatic ring is 1. The second kappa shape index (κ2) is 4.80. The molecule has 1 heterocycles. The van der Waals surface area contributed by atoms with E-state index in [1.807, 2.05) is 0 Å². The quantitative estimate of drug-likeness (QED) is 0.774. The SMILES string of the molecule is Nc1nc(CC(=O)N(CCO)C2CC2)cs1. The Kier molecular flexibility index (Phi) is 3.40. The number of aliphatic hydroxyl groups excluding tert-OH is 1. The molecular formula is C10H15N3O2S. The molecule has 1 fully saturated rings. The molecule has 0 aromatic carbocycles. The highest BCUT2D eigenvalue weighted by Gasteiger charge is 2.32. The van der Waals surface area contributed by atoms with Crippen LogP contribution in [0.1, 0.15) is 18.5 Å². The highest BCUT2D eigenvalue weighted by Crippen LogP contribution is 2.27. The summed E-state index contributed by atoms with van der Waals surface area (Å²) in [6.45, 7) is 0.435. The number of thiazole rings is 1. The van der Waals surface area contributed by atoms with Crippen molar-refractivity contribution in [3.05, 3.63) is 11.1 Å². The van der Waals surface area contributed by atoms with E-state index in [9.17, 15) is 4.79 Å². The Morgan fingerprint density at radius 1 is 1.69 bits per heavy atom. The minimum Gasteiger partial charge on any atom is -0.395 e. The first-order valence-electron chi connectivity index (χ1n) is 5.31. The van der Waals surface area contributed by atoms with Crippen molar-refractivity contribution in [2.24, 2.45) is 0 Å². The standard InChI is InChI=1S/C10H15N3O2S/c11-10-12-7(6-16-10)5-9(15)13(3-4-14)8-1-2-8/h6,8,14H,1-5H2,(H2,11,12). The van der Waals surface area contributed by atoms with Gasteiger partial charge in [-0.15, -0.1) is 11.3 Å². The van der Waals surface area contributed by atoms with Crippen LogP contribution in [-0.4, -0.2) is 40.1 Å². The van der Waals surface area contributed by atoms with Gasteiger partial charge in [0.25, 0.3) is 0 Å². The van der Waals surface area contributed by atoms with Gasteiger partial charge in [0.2, 0.25) is 5.91 Å². The van der Waals surface area contributed by atoms with Crippen molar-refractivity contribution < 1.29 is 9.90 Å². The van der Waals surface area contributed by atoms with Gasteiger partial charge in [-0.1, -0.05) is 0 Å². The normalized spacial score (nSPS) is 15.1. The monoisotopic (exact) mass is 241 g/mol. The molecule has 1 aromatic heterocycles. The fourth-order valence-electron chi connectivity index (χ4n) is 1.67. The highest BCUT2D eigenvalue weighted by molar-refractivity contribution is 7.13. The van der Waals surface area contributed by atoms with E-state index >= 15 is 0 Å². The Morgan fingerprint density at radius 2 is 2.44 bits per heavy atom. The molecule has 1 aliphatic rings. The molecule has 6 heteroatoms. The van der Waals surface area contributed by atoms with Gasteiger partial charge in [-0.2, -0.15) is 0 Å². The average Bonchev–Trinajstić information content (AvgIpc) is 3.00. The first kappa shape index (κ1) is 11.3. The Bertz CT molecular complexity index is 376. The lowest BCUT2D eigenvalue weighted by atomic mass is 10.3. The maximum atomic E-state index is 11.9. The van der Waals surface area contributed by atoms with E-state index in [-0.39, 0.29) is 18.9 Å². The van der Waals surface area contributed by atoms with Crippen molar-refractivity contribution in [2.75, 3.05) is 18.9 Å². The molecule has 16 heavy (non-hydrogen) atoms. The predicted octanol–water partition coefficient (Wildman–Crippen LogP) is 0.251. The first-order chi connectivity index (χ1) is 7.70. The van der Waals surface area contributed by atoms with Crippen molar-refractivity contribution in [3.8, 4) is 0 Å². The van der Waals surface area contributed by atoms with Gasteiger partial charge in [0.1, 0.15) is 0 Å². The number of nitrogens with two attached hydrogens (primary N) is 1. The maximum Gasteiger partial charge on any atom is 0.228 e. The van der Waals surface area contributed by atoms with Crippen LogP contribution in [0.15, 0.2) is 5.38 Å². The summed E-state index contributed by atoms with van der Waals surface area (Å²) < 4.78 is 0. The summed E-state index contributed by atoms with van der Waals surface area (Å²) in [5.74, 6) is 0.0295. The van der Waals surface area contributed by atoms with Crippen LogP contribution in [0.25, 0.3) is 0 Å². The van der Waals surface area contributed by atoms with E-state index in [2.05, 4.69) is 4.98 Å². The molecule has 2 rings (SSSR count). The van der Waals surface area contributed by atoms with E-state index in [1.165, 1.54) is 11.3 Å². The number of amides is 1. The number of hydrogen-bond donors (Lipinski definition) is 2. The van der Waals surface area contributed by atoms with Crippen LogP contribution in [-0.2, 0) is 11.2 Å². The second-order valence-corrected chi connectivity index (χ2v) is 4.79. The largest absolute Gasteiger partial charge is 0.395 e. The van der Waals surface area contributed by atoms with Crippen LogP contribution in [0.5, 0.6) is 0 Å². The van der Waals surface area contributed by atoms with Gasteiger partial charge in [-0.25, -0.2) is 4.98 Å². The Morgan fingerprint density at radius 3 is 2.94 bits per heavy atom. The van der Waals surface area contributed by atoms with E-state index in [0.29, 0.717) is 17.7 Å². The number of aliphatic hydroxyl groups is 1. The van der Waals surface area contributed by atoms with Crippen LogP contribution >= 0.6 is 11.3 Å². The van der Waals surface area contributed by atoms with Gasteiger partial charge < -0.3 is 15.7 Å². The number of nitrogens with zero attached hydrogens (tertiary/aromatic N) is 2. The molecule has 5 nitrogen and oxygen atoms in total. The Balaban J connectivity index is 1.94. The molecular weight excluding hydrogens is 226 g/mol. The molecule has 0 aliphatic heterocycles. The summed E-state index contributed by atoms with van der Waals surface area (Å²) in [5, 5.41) is 11.2. The van der Waals surface area contributed by atoms with Gasteiger partial charge in [0, 0.05) is 18.0 Å². The average molecular weight is 241 g/mol. The number of carbonyl (C=O) groups is 1. The van der Waals surface area contributed by atoms with Gasteiger partial charge in [-0.05, 0) is 12.8 Å². The zero-order valence-electron chi connectivity index (χ0n) is 8.93. The number of carbonyl (C=O) groups excluding carboxylic acids is 1. The summed E-state index contributed by atoms with van der Waals surface area (Å²) >= 11 is 1.34. The van der Waals surface area contributed by atoms with Gasteiger partial charge >= 0.3 is 0 Å². The third-order valence-electron chi connectivity index (χ3n) is 2.55. The summed E-state index contributed by atoms with van der Waals surface area (Å²) in [5.41, 5.74) is 6.22. The van der Waals surface area contributed by atoms with Gasteiger partial charge in [0.05, 0.1) is 18.7 Å². The van der Waals surface area contributed by atoms with Crippen molar-refractivity contribution in [2.45, 2.75) is 25.3 Å². The van der Waals surface area contributed by atoms with E-state index in [1.54, 1.807) is 10.3 Å². The topological polar surface area (TPSA) is 79.5 Å². The van der Waals surface area contributed by atoms with E-state index in [4.69, 9.17) is 10.8 Å². The third-order valence-corrected chi connectivity index (χ3v) is 3.27. The fraction of sp³-hybridized carbons (Fsp3) is 0.600. The summed E-state index contributed by atoms with van der Waals surface area (Å²) in [7, 11) is 0. The second-order valence-electron chi connectivity index (χ2n) is 3.90. The number of rotatable bonds is 5. The zero-order chi connectivity index (χ0) is 11.5. The van der Waals surface area contributed by atoms with Crippen LogP contribution in [0.4, 0.5) is 5.13 Å². The first-order valence-corrected chi connectivity index (χ1v) is 6.19. The van der Waals surface area contributed by atoms with Gasteiger partial charge in [-0.3, -0.25) is 4.79 Å². The molecule has 0 saturated heterocycles. The lowest BCUT2D eigenvalue weighted by Crippen LogP contribution is -2.36. The predicted molar refractivity (Wildman–Crippen MR) is 62.1 cm³/mol. The van der Waals surface area contributed by atoms with Crippen LogP contribution in [0, 0.1) is 0 Å². The van der Waals surface area contributed by atoms with Crippen molar-refractivity contribution >= 4 is 22.4 Å². The third kappa shape index (κ3) is 2.70. The van der Waals surface area contributed by atoms with Crippen molar-refractivity contribution in [1.82, 2.24) is 9.88 Å². The fourth-order valence-corrected chi connectivity index (χ4v) is 2.23. The lowest BCUT2D eigenvalue weighted by Gasteiger charge is -2.20. The molecule has 3 N–H and O–H groups in total. The van der Waals surface area contributed by atoms with Crippen LogP contribution in [0.2, 0.25) is 0 Å². The van der Waals surface area contributed by atoms with Gasteiger partial charge in [0.15, 0.2) is 5.13 Å². The maximum absolute atomic E-state index is 11.9. The molecule has 0 unspecified atom stereocenters. The molecule has 0 radical (unpaired) electrons. The zero-order valence-corrected chi connectivity index (χ0v) is 9.74. The van der Waals surface area contributed by atoms with E-state index in [0.717, 1.165) is 18.5 Å². The highest BCUT2D eigenvalue weighted by atomic mass is 32.1. The molecule has 0 atom stereocenters. The molecule has 88 valence electrons. The van der Waals surface area contributed by atoms with Crippen molar-refractivity contribution in [3.63, 3.8) is 0 Å². The number of aromatic nitrogens is 1. The molecule has 1 saturated carbocycles. The molecule has 1 aromatic rings. The minimum atomic E-state index is 0.0153. The number of hydrogen-bond acceptors (Lipinski definition) is 5. The molecule has 0 spiro atoms. The molecule has 1 amide bonds. The Labute approximate surface area is 97.9 Å². The summed E-state index contributed by atoms with van der Waals surface area (Å²) in [4.78, 5) is 17.7. The Hall–Kier alpha value is -1.14. The van der Waals surface area contributed by atoms with Crippen LogP contribution in [0.3, 0.4) is 0 Å². The number of anilines is 1. The van der Waals surface area contributed by atoms with Crippen molar-refractivity contribution in [1.29, 1.82) is 0 Å². The smallest absolute Gasteiger partial charge is 0.228 e.